The summed E-state index contributed by atoms with van der Waals surface area (Å²) in [6.07, 6.45) is 5.14. The lowest BCUT2D eigenvalue weighted by Gasteiger charge is -2.32. The maximum absolute atomic E-state index is 9.32. The molecule has 4 nitrogen and oxygen atoms in total. The maximum atomic E-state index is 9.32. The van der Waals surface area contributed by atoms with Crippen LogP contribution >= 0.6 is 0 Å². The van der Waals surface area contributed by atoms with Crippen molar-refractivity contribution in [1.82, 2.24) is 10.3 Å². The van der Waals surface area contributed by atoms with Crippen molar-refractivity contribution in [2.75, 3.05) is 24.6 Å². The predicted molar refractivity (Wildman–Crippen MR) is 89.7 cm³/mol. The minimum Gasteiger partial charge on any atom is -0.395 e. The molecule has 1 unspecified atom stereocenters. The number of hydrogen-bond donors (Lipinski definition) is 2. The zero-order valence-electron chi connectivity index (χ0n) is 14.0. The van der Waals surface area contributed by atoms with Gasteiger partial charge in [0.15, 0.2) is 0 Å². The molecule has 0 saturated heterocycles. The van der Waals surface area contributed by atoms with E-state index in [1.54, 1.807) is 0 Å². The highest BCUT2D eigenvalue weighted by Crippen LogP contribution is 2.22. The third-order valence-corrected chi connectivity index (χ3v) is 4.04. The standard InChI is InChI=1S/C17H31N3O/c1-5-14(6-2)20(11-12-21)15-9-10-17(19-13-15)16(7-3)18-8-4/h9-10,13-14,16,18,21H,5-8,11-12H2,1-4H3. The number of pyridine rings is 1. The summed E-state index contributed by atoms with van der Waals surface area (Å²) in [6.45, 7) is 10.5. The van der Waals surface area contributed by atoms with E-state index in [2.05, 4.69) is 55.0 Å². The molecule has 1 atom stereocenters. The monoisotopic (exact) mass is 293 g/mol. The molecule has 0 aliphatic rings. The Morgan fingerprint density at radius 3 is 2.29 bits per heavy atom. The smallest absolute Gasteiger partial charge is 0.0606 e. The fourth-order valence-electron chi connectivity index (χ4n) is 2.84. The molecule has 0 saturated carbocycles. The molecule has 0 radical (unpaired) electrons. The van der Waals surface area contributed by atoms with Gasteiger partial charge in [0.2, 0.25) is 0 Å². The van der Waals surface area contributed by atoms with E-state index in [0.717, 1.165) is 37.2 Å². The lowest BCUT2D eigenvalue weighted by Crippen LogP contribution is -2.37. The summed E-state index contributed by atoms with van der Waals surface area (Å²) in [5, 5.41) is 12.8. The van der Waals surface area contributed by atoms with Gasteiger partial charge in [-0.3, -0.25) is 4.98 Å². The third-order valence-electron chi connectivity index (χ3n) is 4.04. The minimum absolute atomic E-state index is 0.174. The van der Waals surface area contributed by atoms with E-state index >= 15 is 0 Å². The van der Waals surface area contributed by atoms with Gasteiger partial charge in [0, 0.05) is 18.6 Å². The van der Waals surface area contributed by atoms with E-state index in [9.17, 15) is 5.11 Å². The number of aliphatic hydroxyl groups excluding tert-OH is 1. The van der Waals surface area contributed by atoms with Crippen LogP contribution in [-0.4, -0.2) is 35.8 Å². The number of nitrogens with zero attached hydrogens (tertiary/aromatic N) is 2. The Morgan fingerprint density at radius 2 is 1.86 bits per heavy atom. The van der Waals surface area contributed by atoms with Gasteiger partial charge < -0.3 is 15.3 Å². The van der Waals surface area contributed by atoms with Crippen LogP contribution in [0, 0.1) is 0 Å². The van der Waals surface area contributed by atoms with Crippen LogP contribution in [0.15, 0.2) is 18.3 Å². The Labute approximate surface area is 129 Å². The number of aliphatic hydroxyl groups is 1. The average molecular weight is 293 g/mol. The zero-order valence-corrected chi connectivity index (χ0v) is 14.0. The number of hydrogen-bond acceptors (Lipinski definition) is 4. The second kappa shape index (κ2) is 9.74. The van der Waals surface area contributed by atoms with Crippen LogP contribution in [0.2, 0.25) is 0 Å². The molecule has 0 aromatic carbocycles. The summed E-state index contributed by atoms with van der Waals surface area (Å²) in [4.78, 5) is 6.91. The predicted octanol–water partition coefficient (Wildman–Crippen LogP) is 3.13. The lowest BCUT2D eigenvalue weighted by molar-refractivity contribution is 0.296. The van der Waals surface area contributed by atoms with E-state index < -0.39 is 0 Å². The van der Waals surface area contributed by atoms with Crippen molar-refractivity contribution in [3.63, 3.8) is 0 Å². The molecule has 4 heteroatoms. The van der Waals surface area contributed by atoms with Crippen LogP contribution in [0.25, 0.3) is 0 Å². The first-order chi connectivity index (χ1) is 10.2. The van der Waals surface area contributed by atoms with Gasteiger partial charge >= 0.3 is 0 Å². The molecule has 1 aromatic rings. The molecule has 1 aromatic heterocycles. The van der Waals surface area contributed by atoms with Gasteiger partial charge in [0.05, 0.1) is 24.2 Å². The molecule has 0 aliphatic carbocycles. The summed E-state index contributed by atoms with van der Waals surface area (Å²) in [5.74, 6) is 0. The summed E-state index contributed by atoms with van der Waals surface area (Å²) in [7, 11) is 0. The maximum Gasteiger partial charge on any atom is 0.0606 e. The molecule has 1 heterocycles. The van der Waals surface area contributed by atoms with Gasteiger partial charge in [-0.15, -0.1) is 0 Å². The van der Waals surface area contributed by atoms with Gasteiger partial charge in [0.25, 0.3) is 0 Å². The van der Waals surface area contributed by atoms with E-state index in [4.69, 9.17) is 0 Å². The summed E-state index contributed by atoms with van der Waals surface area (Å²) >= 11 is 0. The Hall–Kier alpha value is -1.13. The molecule has 0 bridgehead atoms. The highest BCUT2D eigenvalue weighted by Gasteiger charge is 2.16. The van der Waals surface area contributed by atoms with Crippen molar-refractivity contribution < 1.29 is 5.11 Å². The molecule has 120 valence electrons. The lowest BCUT2D eigenvalue weighted by atomic mass is 10.1. The average Bonchev–Trinajstić information content (AvgIpc) is 2.53. The van der Waals surface area contributed by atoms with Crippen LogP contribution in [0.1, 0.15) is 58.7 Å². The zero-order chi connectivity index (χ0) is 15.7. The second-order valence-corrected chi connectivity index (χ2v) is 5.35. The fraction of sp³-hybridized carbons (Fsp3) is 0.706. The second-order valence-electron chi connectivity index (χ2n) is 5.35. The number of aromatic nitrogens is 1. The number of nitrogens with one attached hydrogen (secondary N) is 1. The first-order valence-electron chi connectivity index (χ1n) is 8.28. The van der Waals surface area contributed by atoms with Gasteiger partial charge in [-0.2, -0.15) is 0 Å². The minimum atomic E-state index is 0.174. The normalized spacial score (nSPS) is 12.7. The van der Waals surface area contributed by atoms with Gasteiger partial charge in [-0.05, 0) is 37.9 Å². The van der Waals surface area contributed by atoms with Crippen LogP contribution in [0.5, 0.6) is 0 Å². The molecule has 0 spiro atoms. The summed E-state index contributed by atoms with van der Waals surface area (Å²) in [6, 6.07) is 5.03. The van der Waals surface area contributed by atoms with Gasteiger partial charge in [-0.1, -0.05) is 27.7 Å². The molecule has 0 fully saturated rings. The Balaban J connectivity index is 2.91. The van der Waals surface area contributed by atoms with Gasteiger partial charge in [-0.25, -0.2) is 0 Å². The summed E-state index contributed by atoms with van der Waals surface area (Å²) in [5.41, 5.74) is 2.20. The Kier molecular flexibility index (Phi) is 8.31. The van der Waals surface area contributed by atoms with Crippen molar-refractivity contribution in [1.29, 1.82) is 0 Å². The Morgan fingerprint density at radius 1 is 1.14 bits per heavy atom. The van der Waals surface area contributed by atoms with E-state index in [-0.39, 0.29) is 6.61 Å². The van der Waals surface area contributed by atoms with Crippen LogP contribution in [0.4, 0.5) is 5.69 Å². The van der Waals surface area contributed by atoms with Crippen molar-refractivity contribution >= 4 is 5.69 Å². The van der Waals surface area contributed by atoms with E-state index in [1.807, 2.05) is 6.20 Å². The molecule has 0 aliphatic heterocycles. The van der Waals surface area contributed by atoms with Crippen molar-refractivity contribution in [2.45, 2.75) is 59.0 Å². The largest absolute Gasteiger partial charge is 0.395 e. The first-order valence-corrected chi connectivity index (χ1v) is 8.28. The highest BCUT2D eigenvalue weighted by atomic mass is 16.3. The fourth-order valence-corrected chi connectivity index (χ4v) is 2.84. The Bertz CT molecular complexity index is 376. The van der Waals surface area contributed by atoms with Crippen molar-refractivity contribution in [2.24, 2.45) is 0 Å². The SMILES string of the molecule is CCNC(CC)c1ccc(N(CCO)C(CC)CC)cn1. The van der Waals surface area contributed by atoms with E-state index in [0.29, 0.717) is 18.6 Å². The molecular weight excluding hydrogens is 262 g/mol. The molecule has 0 amide bonds. The third kappa shape index (κ3) is 4.97. The topological polar surface area (TPSA) is 48.4 Å². The molecular formula is C17H31N3O. The van der Waals surface area contributed by atoms with Crippen LogP contribution in [0.3, 0.4) is 0 Å². The van der Waals surface area contributed by atoms with Crippen molar-refractivity contribution in [3.05, 3.63) is 24.0 Å². The van der Waals surface area contributed by atoms with Gasteiger partial charge in [0.1, 0.15) is 0 Å². The quantitative estimate of drug-likeness (QED) is 0.696. The summed E-state index contributed by atoms with van der Waals surface area (Å²) < 4.78 is 0. The van der Waals surface area contributed by atoms with Crippen molar-refractivity contribution in [3.8, 4) is 0 Å². The molecule has 2 N–H and O–H groups in total. The first kappa shape index (κ1) is 17.9. The molecule has 21 heavy (non-hydrogen) atoms. The number of anilines is 1. The van der Waals surface area contributed by atoms with E-state index in [1.165, 1.54) is 0 Å². The highest BCUT2D eigenvalue weighted by molar-refractivity contribution is 5.46. The van der Waals surface area contributed by atoms with Crippen LogP contribution < -0.4 is 10.2 Å². The van der Waals surface area contributed by atoms with Crippen LogP contribution in [-0.2, 0) is 0 Å². The number of rotatable bonds is 10. The molecule has 1 rings (SSSR count).